The molecule has 6 heteroatoms. The first-order valence-corrected chi connectivity index (χ1v) is 3.94. The van der Waals surface area contributed by atoms with Gasteiger partial charge in [-0.15, -0.1) is 0 Å². The molecule has 0 atom stereocenters. The summed E-state index contributed by atoms with van der Waals surface area (Å²) in [6.45, 7) is -0.900. The lowest BCUT2D eigenvalue weighted by Gasteiger charge is -2.15. The second-order valence-corrected chi connectivity index (χ2v) is 2.80. The number of methoxy groups -OCH3 is 1. The molecule has 0 heterocycles. The van der Waals surface area contributed by atoms with Crippen LogP contribution in [-0.4, -0.2) is 12.2 Å². The summed E-state index contributed by atoms with van der Waals surface area (Å²) in [5.41, 5.74) is -1.69. The van der Waals surface area contributed by atoms with E-state index >= 15 is 0 Å². The van der Waals surface area contributed by atoms with E-state index in [4.69, 9.17) is 5.11 Å². The first-order chi connectivity index (χ1) is 6.90. The largest absolute Gasteiger partial charge is 0.496 e. The Morgan fingerprint density at radius 1 is 1.33 bits per heavy atom. The predicted octanol–water partition coefficient (Wildman–Crippen LogP) is 2.35. The second-order valence-electron chi connectivity index (χ2n) is 2.80. The number of hydrogen-bond donors (Lipinski definition) is 1. The zero-order valence-electron chi connectivity index (χ0n) is 7.73. The Bertz CT molecular complexity index is 335. The minimum atomic E-state index is -4.68. The van der Waals surface area contributed by atoms with Crippen LogP contribution in [0.15, 0.2) is 12.1 Å². The van der Waals surface area contributed by atoms with E-state index in [0.29, 0.717) is 12.1 Å². The highest BCUT2D eigenvalue weighted by molar-refractivity contribution is 5.42. The maximum Gasteiger partial charge on any atom is 0.420 e. The normalized spacial score (nSPS) is 11.6. The fourth-order valence-electron chi connectivity index (χ4n) is 1.24. The first kappa shape index (κ1) is 11.8. The van der Waals surface area contributed by atoms with Gasteiger partial charge in [-0.1, -0.05) is 0 Å². The van der Waals surface area contributed by atoms with Crippen molar-refractivity contribution in [1.29, 1.82) is 0 Å². The summed E-state index contributed by atoms with van der Waals surface area (Å²) in [6.07, 6.45) is -4.68. The van der Waals surface area contributed by atoms with Crippen molar-refractivity contribution in [2.24, 2.45) is 0 Å². The quantitative estimate of drug-likeness (QED) is 0.781. The number of aliphatic hydroxyl groups is 1. The summed E-state index contributed by atoms with van der Waals surface area (Å²) in [6, 6.07) is 1.26. The molecule has 0 spiro atoms. The Morgan fingerprint density at radius 2 is 1.93 bits per heavy atom. The van der Waals surface area contributed by atoms with Gasteiger partial charge in [0.05, 0.1) is 13.7 Å². The summed E-state index contributed by atoms with van der Waals surface area (Å²) in [5.74, 6) is -1.52. The van der Waals surface area contributed by atoms with Crippen LogP contribution in [0.3, 0.4) is 0 Å². The predicted molar refractivity (Wildman–Crippen MR) is 43.9 cm³/mol. The number of ether oxygens (including phenoxy) is 1. The number of rotatable bonds is 2. The van der Waals surface area contributed by atoms with E-state index in [1.807, 2.05) is 0 Å². The molecule has 1 aromatic carbocycles. The highest BCUT2D eigenvalue weighted by Crippen LogP contribution is 2.39. The molecule has 0 radical (unpaired) electrons. The van der Waals surface area contributed by atoms with Crippen molar-refractivity contribution >= 4 is 0 Å². The Labute approximate surface area is 83.1 Å². The fourth-order valence-corrected chi connectivity index (χ4v) is 1.24. The highest BCUT2D eigenvalue weighted by atomic mass is 19.4. The number of aliphatic hydroxyl groups excluding tert-OH is 1. The van der Waals surface area contributed by atoms with Gasteiger partial charge in [0.2, 0.25) is 0 Å². The van der Waals surface area contributed by atoms with Gasteiger partial charge in [-0.2, -0.15) is 13.2 Å². The molecule has 2 nitrogen and oxygen atoms in total. The Hall–Kier alpha value is -1.30. The Balaban J connectivity index is 3.44. The molecule has 84 valence electrons. The van der Waals surface area contributed by atoms with Crippen molar-refractivity contribution in [2.75, 3.05) is 7.11 Å². The molecule has 0 aliphatic rings. The average Bonchev–Trinajstić information content (AvgIpc) is 2.14. The Morgan fingerprint density at radius 3 is 2.33 bits per heavy atom. The lowest BCUT2D eigenvalue weighted by atomic mass is 10.1. The van der Waals surface area contributed by atoms with E-state index in [-0.39, 0.29) is 0 Å². The van der Waals surface area contributed by atoms with Crippen molar-refractivity contribution in [1.82, 2.24) is 0 Å². The maximum absolute atomic E-state index is 12.8. The van der Waals surface area contributed by atoms with Crippen LogP contribution in [-0.2, 0) is 12.8 Å². The van der Waals surface area contributed by atoms with Crippen molar-refractivity contribution < 1.29 is 27.4 Å². The van der Waals surface area contributed by atoms with Crippen LogP contribution in [0.1, 0.15) is 11.1 Å². The van der Waals surface area contributed by atoms with Gasteiger partial charge in [0.25, 0.3) is 0 Å². The summed E-state index contributed by atoms with van der Waals surface area (Å²) in [4.78, 5) is 0. The maximum atomic E-state index is 12.8. The van der Waals surface area contributed by atoms with Gasteiger partial charge in [0, 0.05) is 6.07 Å². The number of hydrogen-bond acceptors (Lipinski definition) is 2. The first-order valence-electron chi connectivity index (χ1n) is 3.94. The van der Waals surface area contributed by atoms with E-state index in [9.17, 15) is 17.6 Å². The summed E-state index contributed by atoms with van der Waals surface area (Å²) < 4.78 is 54.7. The van der Waals surface area contributed by atoms with Gasteiger partial charge in [-0.3, -0.25) is 0 Å². The molecule has 1 rings (SSSR count). The molecule has 0 aromatic heterocycles. The van der Waals surface area contributed by atoms with E-state index in [0.717, 1.165) is 7.11 Å². The number of halogens is 4. The van der Waals surface area contributed by atoms with Crippen LogP contribution >= 0.6 is 0 Å². The Kier molecular flexibility index (Phi) is 3.18. The SMILES string of the molecule is COc1cc(F)cc(CO)c1C(F)(F)F. The molecule has 0 amide bonds. The van der Waals surface area contributed by atoms with Crippen LogP contribution in [0.2, 0.25) is 0 Å². The van der Waals surface area contributed by atoms with Gasteiger partial charge in [0.15, 0.2) is 0 Å². The van der Waals surface area contributed by atoms with Crippen LogP contribution in [0.5, 0.6) is 5.75 Å². The van der Waals surface area contributed by atoms with Crippen molar-refractivity contribution in [3.63, 3.8) is 0 Å². The third kappa shape index (κ3) is 2.38. The fraction of sp³-hybridized carbons (Fsp3) is 0.333. The van der Waals surface area contributed by atoms with Gasteiger partial charge in [-0.25, -0.2) is 4.39 Å². The van der Waals surface area contributed by atoms with Crippen LogP contribution in [0, 0.1) is 5.82 Å². The van der Waals surface area contributed by atoms with E-state index < -0.39 is 35.5 Å². The third-order valence-corrected chi connectivity index (χ3v) is 1.82. The monoisotopic (exact) mass is 224 g/mol. The molecule has 0 fully saturated rings. The van der Waals surface area contributed by atoms with Crippen LogP contribution in [0.4, 0.5) is 17.6 Å². The molecule has 0 aliphatic heterocycles. The topological polar surface area (TPSA) is 29.5 Å². The standard InChI is InChI=1S/C9H8F4O2/c1-15-7-3-6(10)2-5(4-14)8(7)9(11,12)13/h2-3,14H,4H2,1H3. The lowest BCUT2D eigenvalue weighted by molar-refractivity contribution is -0.139. The number of alkyl halides is 3. The van der Waals surface area contributed by atoms with Gasteiger partial charge in [-0.05, 0) is 11.6 Å². The molecule has 1 aromatic rings. The smallest absolute Gasteiger partial charge is 0.420 e. The average molecular weight is 224 g/mol. The van der Waals surface area contributed by atoms with Gasteiger partial charge >= 0.3 is 6.18 Å². The molecule has 0 saturated heterocycles. The van der Waals surface area contributed by atoms with E-state index in [2.05, 4.69) is 4.74 Å². The number of benzene rings is 1. The van der Waals surface area contributed by atoms with Crippen LogP contribution in [0.25, 0.3) is 0 Å². The molecule has 1 N–H and O–H groups in total. The lowest BCUT2D eigenvalue weighted by Crippen LogP contribution is -2.12. The minimum Gasteiger partial charge on any atom is -0.496 e. The minimum absolute atomic E-state index is 0.542. The molecule has 0 saturated carbocycles. The van der Waals surface area contributed by atoms with Gasteiger partial charge in [0.1, 0.15) is 17.1 Å². The molecule has 15 heavy (non-hydrogen) atoms. The molecule has 0 bridgehead atoms. The van der Waals surface area contributed by atoms with Crippen molar-refractivity contribution in [3.05, 3.63) is 29.1 Å². The van der Waals surface area contributed by atoms with E-state index in [1.54, 1.807) is 0 Å². The molecular formula is C9H8F4O2. The highest BCUT2D eigenvalue weighted by Gasteiger charge is 2.37. The zero-order chi connectivity index (χ0) is 11.6. The van der Waals surface area contributed by atoms with Crippen molar-refractivity contribution in [2.45, 2.75) is 12.8 Å². The van der Waals surface area contributed by atoms with Crippen molar-refractivity contribution in [3.8, 4) is 5.75 Å². The van der Waals surface area contributed by atoms with Crippen LogP contribution < -0.4 is 4.74 Å². The molecule has 0 aliphatic carbocycles. The summed E-state index contributed by atoms with van der Waals surface area (Å²) >= 11 is 0. The molecular weight excluding hydrogens is 216 g/mol. The second kappa shape index (κ2) is 4.06. The molecule has 0 unspecified atom stereocenters. The third-order valence-electron chi connectivity index (χ3n) is 1.82. The summed E-state index contributed by atoms with van der Waals surface area (Å²) in [5, 5.41) is 8.70. The zero-order valence-corrected chi connectivity index (χ0v) is 7.73. The van der Waals surface area contributed by atoms with E-state index in [1.165, 1.54) is 0 Å². The summed E-state index contributed by atoms with van der Waals surface area (Å²) in [7, 11) is 1.01. The van der Waals surface area contributed by atoms with Gasteiger partial charge < -0.3 is 9.84 Å².